The van der Waals surface area contributed by atoms with E-state index in [0.717, 1.165) is 25.7 Å². The Kier molecular flexibility index (Phi) is 3.41. The molecule has 3 atom stereocenters. The monoisotopic (exact) mass is 210 g/mol. The molecule has 0 spiro atoms. The molecular weight excluding hydrogens is 192 g/mol. The van der Waals surface area contributed by atoms with Crippen molar-refractivity contribution >= 4 is 5.97 Å². The summed E-state index contributed by atoms with van der Waals surface area (Å²) in [7, 11) is 0. The summed E-state index contributed by atoms with van der Waals surface area (Å²) < 4.78 is 10.8. The average Bonchev–Trinajstić information content (AvgIpc) is 2.30. The summed E-state index contributed by atoms with van der Waals surface area (Å²) in [5.74, 6) is 0.0617. The van der Waals surface area contributed by atoms with E-state index < -0.39 is 0 Å². The van der Waals surface area contributed by atoms with E-state index in [1.165, 1.54) is 0 Å². The summed E-state index contributed by atoms with van der Waals surface area (Å²) in [6, 6.07) is 0. The Morgan fingerprint density at radius 1 is 1.47 bits per heavy atom. The van der Waals surface area contributed by atoms with Crippen molar-refractivity contribution in [3.05, 3.63) is 12.2 Å². The average molecular weight is 210 g/mol. The molecule has 0 radical (unpaired) electrons. The topological polar surface area (TPSA) is 35.5 Å². The van der Waals surface area contributed by atoms with Crippen molar-refractivity contribution in [2.45, 2.75) is 44.8 Å². The highest BCUT2D eigenvalue weighted by atomic mass is 16.6. The van der Waals surface area contributed by atoms with E-state index in [1.54, 1.807) is 0 Å². The minimum absolute atomic E-state index is 0.138. The molecule has 0 aromatic carbocycles. The molecule has 1 saturated heterocycles. The predicted molar refractivity (Wildman–Crippen MR) is 56.4 cm³/mol. The van der Waals surface area contributed by atoms with Crippen LogP contribution < -0.4 is 0 Å². The maximum absolute atomic E-state index is 11.7. The van der Waals surface area contributed by atoms with Gasteiger partial charge in [-0.2, -0.15) is 0 Å². The van der Waals surface area contributed by atoms with Gasteiger partial charge in [0.25, 0.3) is 0 Å². The molecule has 3 aliphatic rings. The highest BCUT2D eigenvalue weighted by molar-refractivity contribution is 5.75. The van der Waals surface area contributed by atoms with Crippen LogP contribution in [0.1, 0.15) is 32.6 Å². The summed E-state index contributed by atoms with van der Waals surface area (Å²) in [5.41, 5.74) is 0. The number of ether oxygens (including phenoxy) is 2. The number of carbonyl (C=O) groups is 1. The first kappa shape index (κ1) is 10.7. The van der Waals surface area contributed by atoms with Crippen LogP contribution in [-0.4, -0.2) is 24.8 Å². The van der Waals surface area contributed by atoms with Crippen molar-refractivity contribution in [1.82, 2.24) is 0 Å². The second kappa shape index (κ2) is 4.79. The molecule has 3 rings (SSSR count). The maximum atomic E-state index is 11.7. The van der Waals surface area contributed by atoms with Gasteiger partial charge in [0.2, 0.25) is 0 Å². The van der Waals surface area contributed by atoms with Crippen molar-refractivity contribution in [2.24, 2.45) is 5.92 Å². The fourth-order valence-corrected chi connectivity index (χ4v) is 2.10. The lowest BCUT2D eigenvalue weighted by Gasteiger charge is -2.36. The van der Waals surface area contributed by atoms with E-state index in [1.807, 2.05) is 0 Å². The lowest BCUT2D eigenvalue weighted by Crippen LogP contribution is -2.43. The molecule has 0 aromatic heterocycles. The van der Waals surface area contributed by atoms with Gasteiger partial charge >= 0.3 is 5.97 Å². The molecule has 0 saturated carbocycles. The normalized spacial score (nSPS) is 33.0. The summed E-state index contributed by atoms with van der Waals surface area (Å²) in [5, 5.41) is 0. The largest absolute Gasteiger partial charge is 0.464 e. The molecule has 0 N–H and O–H groups in total. The lowest BCUT2D eigenvalue weighted by molar-refractivity contribution is -0.169. The first-order chi connectivity index (χ1) is 7.31. The van der Waals surface area contributed by atoms with Crippen LogP contribution in [-0.2, 0) is 14.3 Å². The highest BCUT2D eigenvalue weighted by Gasteiger charge is 2.38. The minimum atomic E-state index is -0.342. The van der Waals surface area contributed by atoms with Gasteiger partial charge in [-0.1, -0.05) is 25.5 Å². The van der Waals surface area contributed by atoms with Crippen LogP contribution in [0.2, 0.25) is 0 Å². The van der Waals surface area contributed by atoms with E-state index in [2.05, 4.69) is 19.1 Å². The molecule has 1 aliphatic carbocycles. The summed E-state index contributed by atoms with van der Waals surface area (Å²) in [6.07, 6.45) is 8.03. The standard InChI is InChI=1S/C12H18O3/c1-2-3-8-14-12(13)11-9-4-6-10(15-11)7-5-9/h4,6,9-11H,2-3,5,7-8H2,1H3/t9-,10+,11-/m1/s1. The Morgan fingerprint density at radius 3 is 2.87 bits per heavy atom. The predicted octanol–water partition coefficient (Wildman–Crippen LogP) is 2.06. The number of esters is 1. The van der Waals surface area contributed by atoms with Gasteiger partial charge in [-0.25, -0.2) is 4.79 Å². The Labute approximate surface area is 90.4 Å². The molecule has 0 aromatic rings. The second-order valence-electron chi connectivity index (χ2n) is 4.24. The Hall–Kier alpha value is -0.830. The Bertz CT molecular complexity index is 260. The highest BCUT2D eigenvalue weighted by Crippen LogP contribution is 2.32. The zero-order chi connectivity index (χ0) is 10.7. The zero-order valence-corrected chi connectivity index (χ0v) is 9.15. The molecule has 2 aliphatic heterocycles. The fourth-order valence-electron chi connectivity index (χ4n) is 2.10. The SMILES string of the molecule is CCCCOC(=O)[C@@H]1O[C@H]2C=C[C@@H]1CC2. The molecule has 3 heteroatoms. The summed E-state index contributed by atoms with van der Waals surface area (Å²) in [6.45, 7) is 2.60. The van der Waals surface area contributed by atoms with Crippen LogP contribution >= 0.6 is 0 Å². The molecule has 1 fully saturated rings. The smallest absolute Gasteiger partial charge is 0.335 e. The zero-order valence-electron chi connectivity index (χ0n) is 9.15. The quantitative estimate of drug-likeness (QED) is 0.405. The van der Waals surface area contributed by atoms with Gasteiger partial charge in [0.05, 0.1) is 12.7 Å². The fraction of sp³-hybridized carbons (Fsp3) is 0.750. The molecule has 2 heterocycles. The van der Waals surface area contributed by atoms with Gasteiger partial charge in [-0.05, 0) is 19.3 Å². The molecule has 84 valence electrons. The van der Waals surface area contributed by atoms with E-state index in [-0.39, 0.29) is 24.1 Å². The third kappa shape index (κ3) is 2.40. The van der Waals surface area contributed by atoms with Crippen LogP contribution in [0.5, 0.6) is 0 Å². The third-order valence-corrected chi connectivity index (χ3v) is 3.04. The maximum Gasteiger partial charge on any atom is 0.335 e. The Balaban J connectivity index is 1.84. The number of hydrogen-bond acceptors (Lipinski definition) is 3. The summed E-state index contributed by atoms with van der Waals surface area (Å²) >= 11 is 0. The first-order valence-corrected chi connectivity index (χ1v) is 5.81. The first-order valence-electron chi connectivity index (χ1n) is 5.81. The van der Waals surface area contributed by atoms with Crippen LogP contribution in [0.15, 0.2) is 12.2 Å². The molecular formula is C12H18O3. The summed E-state index contributed by atoms with van der Waals surface area (Å²) in [4.78, 5) is 11.7. The lowest BCUT2D eigenvalue weighted by atomic mass is 9.86. The van der Waals surface area contributed by atoms with Crippen LogP contribution in [0, 0.1) is 5.92 Å². The van der Waals surface area contributed by atoms with Crippen molar-refractivity contribution in [3.63, 3.8) is 0 Å². The van der Waals surface area contributed by atoms with E-state index in [0.29, 0.717) is 6.61 Å². The number of rotatable bonds is 4. The van der Waals surface area contributed by atoms with Gasteiger partial charge in [0, 0.05) is 5.92 Å². The number of unbranched alkanes of at least 4 members (excludes halogenated alkanes) is 1. The van der Waals surface area contributed by atoms with Crippen molar-refractivity contribution < 1.29 is 14.3 Å². The van der Waals surface area contributed by atoms with E-state index in [4.69, 9.17) is 9.47 Å². The van der Waals surface area contributed by atoms with Crippen LogP contribution in [0.25, 0.3) is 0 Å². The molecule has 2 bridgehead atoms. The number of hydrogen-bond donors (Lipinski definition) is 0. The minimum Gasteiger partial charge on any atom is -0.464 e. The van der Waals surface area contributed by atoms with Crippen molar-refractivity contribution in [1.29, 1.82) is 0 Å². The molecule has 15 heavy (non-hydrogen) atoms. The second-order valence-corrected chi connectivity index (χ2v) is 4.24. The van der Waals surface area contributed by atoms with Crippen LogP contribution in [0.3, 0.4) is 0 Å². The van der Waals surface area contributed by atoms with E-state index >= 15 is 0 Å². The number of carbonyl (C=O) groups excluding carboxylic acids is 1. The van der Waals surface area contributed by atoms with Gasteiger partial charge in [-0.3, -0.25) is 0 Å². The Morgan fingerprint density at radius 2 is 2.33 bits per heavy atom. The van der Waals surface area contributed by atoms with Crippen molar-refractivity contribution in [3.8, 4) is 0 Å². The van der Waals surface area contributed by atoms with Gasteiger partial charge in [0.1, 0.15) is 0 Å². The number of fused-ring (bicyclic) bond motifs is 2. The third-order valence-electron chi connectivity index (χ3n) is 3.04. The van der Waals surface area contributed by atoms with Gasteiger partial charge < -0.3 is 9.47 Å². The van der Waals surface area contributed by atoms with Crippen LogP contribution in [0.4, 0.5) is 0 Å². The van der Waals surface area contributed by atoms with E-state index in [9.17, 15) is 4.79 Å². The molecule has 0 amide bonds. The van der Waals surface area contributed by atoms with Gasteiger partial charge in [-0.15, -0.1) is 0 Å². The van der Waals surface area contributed by atoms with Gasteiger partial charge in [0.15, 0.2) is 6.10 Å². The molecule has 0 unspecified atom stereocenters. The molecule has 3 nitrogen and oxygen atoms in total. The van der Waals surface area contributed by atoms with Crippen molar-refractivity contribution in [2.75, 3.05) is 6.61 Å².